The summed E-state index contributed by atoms with van der Waals surface area (Å²) >= 11 is 0. The van der Waals surface area contributed by atoms with Crippen molar-refractivity contribution in [2.75, 3.05) is 6.61 Å². The van der Waals surface area contributed by atoms with Gasteiger partial charge in [0.25, 0.3) is 0 Å². The molecule has 0 N–H and O–H groups in total. The Morgan fingerprint density at radius 2 is 2.11 bits per heavy atom. The highest BCUT2D eigenvalue weighted by Crippen LogP contribution is 2.28. The van der Waals surface area contributed by atoms with E-state index in [1.165, 1.54) is 25.7 Å². The number of hydrogen-bond acceptors (Lipinski definition) is 3. The first-order valence-corrected chi connectivity index (χ1v) is 7.14. The highest BCUT2D eigenvalue weighted by Gasteiger charge is 2.18. The second kappa shape index (κ2) is 5.87. The monoisotopic (exact) mass is 264 g/mol. The van der Waals surface area contributed by atoms with Gasteiger partial charge >= 0.3 is 0 Å². The number of carbonyl (C=O) groups excluding carboxylic acids is 1. The predicted octanol–water partition coefficient (Wildman–Crippen LogP) is 2.92. The summed E-state index contributed by atoms with van der Waals surface area (Å²) in [6.07, 6.45) is 7.37. The van der Waals surface area contributed by atoms with Crippen LogP contribution in [-0.2, 0) is 16.0 Å². The van der Waals surface area contributed by atoms with Gasteiger partial charge in [-0.05, 0) is 39.7 Å². The number of Topliss-reactive ketones (excluding diaryl/α,β-unsaturated/α-hetero) is 1. The maximum Gasteiger partial charge on any atom is 0.164 e. The molecule has 19 heavy (non-hydrogen) atoms. The largest absolute Gasteiger partial charge is 0.368 e. The summed E-state index contributed by atoms with van der Waals surface area (Å²) in [6, 6.07) is 2.49. The summed E-state index contributed by atoms with van der Waals surface area (Å²) < 4.78 is 7.51. The van der Waals surface area contributed by atoms with E-state index in [0.29, 0.717) is 12.5 Å². The van der Waals surface area contributed by atoms with Gasteiger partial charge in [-0.25, -0.2) is 0 Å². The third kappa shape index (κ3) is 4.46. The average molecular weight is 264 g/mol. The van der Waals surface area contributed by atoms with E-state index >= 15 is 0 Å². The first kappa shape index (κ1) is 14.3. The summed E-state index contributed by atoms with van der Waals surface area (Å²) in [5, 5.41) is 4.52. The lowest BCUT2D eigenvalue weighted by molar-refractivity contribution is -0.127. The van der Waals surface area contributed by atoms with Gasteiger partial charge in [-0.15, -0.1) is 0 Å². The highest BCUT2D eigenvalue weighted by atomic mass is 16.5. The lowest BCUT2D eigenvalue weighted by Gasteiger charge is -2.18. The second-order valence-corrected chi connectivity index (χ2v) is 6.34. The Bertz CT molecular complexity index is 426. The first-order chi connectivity index (χ1) is 8.94. The minimum Gasteiger partial charge on any atom is -0.368 e. The zero-order chi connectivity index (χ0) is 13.9. The predicted molar refractivity (Wildman–Crippen MR) is 74.1 cm³/mol. The van der Waals surface area contributed by atoms with E-state index in [-0.39, 0.29) is 18.0 Å². The van der Waals surface area contributed by atoms with Gasteiger partial charge in [-0.3, -0.25) is 9.48 Å². The molecule has 106 valence electrons. The lowest BCUT2D eigenvalue weighted by atomic mass is 10.2. The van der Waals surface area contributed by atoms with Crippen LogP contribution in [0.25, 0.3) is 0 Å². The quantitative estimate of drug-likeness (QED) is 0.821. The van der Waals surface area contributed by atoms with Gasteiger partial charge in [0.05, 0.1) is 23.8 Å². The van der Waals surface area contributed by atoms with Crippen molar-refractivity contribution in [2.24, 2.45) is 0 Å². The van der Waals surface area contributed by atoms with E-state index in [9.17, 15) is 4.79 Å². The summed E-state index contributed by atoms with van der Waals surface area (Å²) in [4.78, 5) is 11.8. The van der Waals surface area contributed by atoms with Crippen molar-refractivity contribution in [1.29, 1.82) is 0 Å². The van der Waals surface area contributed by atoms with E-state index in [1.807, 2.05) is 37.7 Å². The van der Waals surface area contributed by atoms with Crippen LogP contribution in [0.15, 0.2) is 12.3 Å². The summed E-state index contributed by atoms with van der Waals surface area (Å²) in [6.45, 7) is 6.03. The Labute approximate surface area is 115 Å². The molecule has 0 amide bonds. The Morgan fingerprint density at radius 1 is 1.42 bits per heavy atom. The van der Waals surface area contributed by atoms with Gasteiger partial charge < -0.3 is 4.74 Å². The summed E-state index contributed by atoms with van der Waals surface area (Å²) in [5.74, 6) is 0.0894. The smallest absolute Gasteiger partial charge is 0.164 e. The van der Waals surface area contributed by atoms with Crippen LogP contribution in [0.3, 0.4) is 0 Å². The van der Waals surface area contributed by atoms with Crippen LogP contribution in [0.4, 0.5) is 0 Å². The fourth-order valence-electron chi connectivity index (χ4n) is 2.39. The molecule has 2 rings (SSSR count). The van der Waals surface area contributed by atoms with Crippen molar-refractivity contribution < 1.29 is 9.53 Å². The molecule has 0 radical (unpaired) electrons. The molecule has 0 bridgehead atoms. The number of ether oxygens (including phenoxy) is 1. The van der Waals surface area contributed by atoms with Gasteiger partial charge in [-0.2, -0.15) is 5.10 Å². The summed E-state index contributed by atoms with van der Waals surface area (Å²) in [7, 11) is 0. The normalized spacial score (nSPS) is 17.0. The standard InChI is InChI=1S/C15H24N2O2/c1-15(2,3)19-11-14(18)10-12-8-9-17(16-12)13-6-4-5-7-13/h8-9,13H,4-7,10-11H2,1-3H3. The number of hydrogen-bond donors (Lipinski definition) is 0. The molecular formula is C15H24N2O2. The maximum atomic E-state index is 11.8. The number of nitrogens with zero attached hydrogens (tertiary/aromatic N) is 2. The molecule has 0 aliphatic heterocycles. The fraction of sp³-hybridized carbons (Fsp3) is 0.733. The topological polar surface area (TPSA) is 44.1 Å². The average Bonchev–Trinajstić information content (AvgIpc) is 2.94. The van der Waals surface area contributed by atoms with E-state index < -0.39 is 0 Å². The van der Waals surface area contributed by atoms with E-state index in [2.05, 4.69) is 5.10 Å². The van der Waals surface area contributed by atoms with Crippen molar-refractivity contribution in [3.63, 3.8) is 0 Å². The van der Waals surface area contributed by atoms with Crippen molar-refractivity contribution in [2.45, 2.75) is 64.5 Å². The van der Waals surface area contributed by atoms with Crippen molar-refractivity contribution in [1.82, 2.24) is 9.78 Å². The minimum atomic E-state index is -0.265. The molecule has 4 heteroatoms. The van der Waals surface area contributed by atoms with Crippen LogP contribution in [0.5, 0.6) is 0 Å². The van der Waals surface area contributed by atoms with Crippen LogP contribution < -0.4 is 0 Å². The molecular weight excluding hydrogens is 240 g/mol. The number of carbonyl (C=O) groups is 1. The first-order valence-electron chi connectivity index (χ1n) is 7.14. The molecule has 1 aliphatic rings. The van der Waals surface area contributed by atoms with E-state index in [1.54, 1.807) is 0 Å². The highest BCUT2D eigenvalue weighted by molar-refractivity contribution is 5.81. The zero-order valence-electron chi connectivity index (χ0n) is 12.2. The van der Waals surface area contributed by atoms with Gasteiger partial charge in [0.1, 0.15) is 6.61 Å². The van der Waals surface area contributed by atoms with Crippen LogP contribution in [0.1, 0.15) is 58.2 Å². The molecule has 0 aromatic carbocycles. The molecule has 0 unspecified atom stereocenters. The van der Waals surface area contributed by atoms with Crippen LogP contribution in [0, 0.1) is 0 Å². The molecule has 4 nitrogen and oxygen atoms in total. The fourth-order valence-corrected chi connectivity index (χ4v) is 2.39. The van der Waals surface area contributed by atoms with Crippen molar-refractivity contribution in [3.8, 4) is 0 Å². The lowest BCUT2D eigenvalue weighted by Crippen LogP contribution is -2.24. The Balaban J connectivity index is 1.84. The zero-order valence-corrected chi connectivity index (χ0v) is 12.2. The molecule has 0 saturated heterocycles. The SMILES string of the molecule is CC(C)(C)OCC(=O)Cc1ccn(C2CCCC2)n1. The van der Waals surface area contributed by atoms with Crippen LogP contribution in [-0.4, -0.2) is 27.8 Å². The van der Waals surface area contributed by atoms with Crippen LogP contribution >= 0.6 is 0 Å². The molecule has 1 saturated carbocycles. The molecule has 1 aliphatic carbocycles. The van der Waals surface area contributed by atoms with Gasteiger partial charge in [0.15, 0.2) is 5.78 Å². The molecule has 1 aromatic heterocycles. The molecule has 0 spiro atoms. The molecule has 0 atom stereocenters. The minimum absolute atomic E-state index is 0.0894. The van der Waals surface area contributed by atoms with Gasteiger partial charge in [0.2, 0.25) is 0 Å². The third-order valence-electron chi connectivity index (χ3n) is 3.41. The molecule has 1 fully saturated rings. The van der Waals surface area contributed by atoms with Gasteiger partial charge in [-0.1, -0.05) is 12.8 Å². The van der Waals surface area contributed by atoms with Crippen molar-refractivity contribution >= 4 is 5.78 Å². The second-order valence-electron chi connectivity index (χ2n) is 6.34. The van der Waals surface area contributed by atoms with E-state index in [0.717, 1.165) is 5.69 Å². The third-order valence-corrected chi connectivity index (χ3v) is 3.41. The Kier molecular flexibility index (Phi) is 4.40. The maximum absolute atomic E-state index is 11.8. The number of rotatable bonds is 5. The molecule has 1 aromatic rings. The van der Waals surface area contributed by atoms with Crippen molar-refractivity contribution in [3.05, 3.63) is 18.0 Å². The Hall–Kier alpha value is -1.16. The molecule has 1 heterocycles. The Morgan fingerprint density at radius 3 is 2.74 bits per heavy atom. The number of ketones is 1. The number of aromatic nitrogens is 2. The van der Waals surface area contributed by atoms with Gasteiger partial charge in [0, 0.05) is 6.20 Å². The summed E-state index contributed by atoms with van der Waals surface area (Å²) in [5.41, 5.74) is 0.591. The van der Waals surface area contributed by atoms with Crippen LogP contribution in [0.2, 0.25) is 0 Å². The van der Waals surface area contributed by atoms with E-state index in [4.69, 9.17) is 4.74 Å².